The summed E-state index contributed by atoms with van der Waals surface area (Å²) in [5.74, 6) is -0.310. The highest BCUT2D eigenvalue weighted by Gasteiger charge is 2.45. The molecule has 2 aliphatic heterocycles. The number of nitriles is 1. The number of likely N-dealkylation sites (N-methyl/N-ethyl adjacent to an activating group) is 1. The van der Waals surface area contributed by atoms with Gasteiger partial charge >= 0.3 is 12.1 Å². The minimum atomic E-state index is -1.08. The predicted molar refractivity (Wildman–Crippen MR) is 171 cm³/mol. The van der Waals surface area contributed by atoms with Gasteiger partial charge in [0.25, 0.3) is 0 Å². The SMILES string of the molecule is CN1CC[C@@H](Oc2cc(N3CCN(C(=O)OC(C)(C)C)CC3)cc(/C(N)=N/OC(=O)[C@@]3(C)CCCc4sc(N)c(C#N)c43)n2)C1. The molecule has 0 bridgehead atoms. The molecule has 2 atom stereocenters. The van der Waals surface area contributed by atoms with Gasteiger partial charge in [-0.3, -0.25) is 0 Å². The van der Waals surface area contributed by atoms with E-state index in [1.54, 1.807) is 17.9 Å². The molecule has 2 aromatic rings. The molecule has 0 saturated carbocycles. The van der Waals surface area contributed by atoms with Gasteiger partial charge in [-0.05, 0) is 66.5 Å². The Labute approximate surface area is 267 Å². The number of carbonyl (C=O) groups excluding carboxylic acids is 2. The number of hydrogen-bond acceptors (Lipinski definition) is 12. The van der Waals surface area contributed by atoms with E-state index in [-0.39, 0.29) is 18.0 Å². The average Bonchev–Trinajstić information content (AvgIpc) is 3.56. The molecule has 13 nitrogen and oxygen atoms in total. The molecule has 242 valence electrons. The Hall–Kier alpha value is -4.09. The number of nitrogens with two attached hydrogens (primary N) is 2. The topological polar surface area (TPSA) is 173 Å². The van der Waals surface area contributed by atoms with E-state index in [1.807, 2.05) is 33.9 Å². The third-order valence-corrected chi connectivity index (χ3v) is 9.49. The van der Waals surface area contributed by atoms with E-state index in [9.17, 15) is 14.9 Å². The molecule has 0 aromatic carbocycles. The Kier molecular flexibility index (Phi) is 9.14. The van der Waals surface area contributed by atoms with Crippen molar-refractivity contribution in [2.75, 3.05) is 56.9 Å². The van der Waals surface area contributed by atoms with E-state index in [4.69, 9.17) is 25.8 Å². The average molecular weight is 639 g/mol. The van der Waals surface area contributed by atoms with Crippen LogP contribution in [0.1, 0.15) is 68.7 Å². The van der Waals surface area contributed by atoms with Crippen LogP contribution in [-0.4, -0.2) is 90.7 Å². The summed E-state index contributed by atoms with van der Waals surface area (Å²) < 4.78 is 11.8. The normalized spacial score (nSPS) is 22.5. The number of likely N-dealkylation sites (tertiary alicyclic amines) is 1. The number of carbonyl (C=O) groups is 2. The van der Waals surface area contributed by atoms with E-state index in [0.717, 1.165) is 42.9 Å². The number of rotatable bonds is 6. The van der Waals surface area contributed by atoms with Crippen molar-refractivity contribution in [2.45, 2.75) is 70.5 Å². The second kappa shape index (κ2) is 12.7. The lowest BCUT2D eigenvalue weighted by Crippen LogP contribution is -2.50. The quantitative estimate of drug-likeness (QED) is 0.206. The Morgan fingerprint density at radius 3 is 2.58 bits per heavy atom. The van der Waals surface area contributed by atoms with Crippen molar-refractivity contribution in [1.29, 1.82) is 5.26 Å². The third kappa shape index (κ3) is 7.10. The van der Waals surface area contributed by atoms with Crippen molar-refractivity contribution in [3.63, 3.8) is 0 Å². The zero-order valence-corrected chi connectivity index (χ0v) is 27.4. The van der Waals surface area contributed by atoms with Gasteiger partial charge in [-0.15, -0.1) is 11.3 Å². The van der Waals surface area contributed by atoms with E-state index in [2.05, 4.69) is 26.0 Å². The van der Waals surface area contributed by atoms with Crippen LogP contribution in [-0.2, 0) is 26.2 Å². The summed E-state index contributed by atoms with van der Waals surface area (Å²) >= 11 is 1.34. The van der Waals surface area contributed by atoms with Gasteiger partial charge in [-0.25, -0.2) is 14.6 Å². The largest absolute Gasteiger partial charge is 0.473 e. The van der Waals surface area contributed by atoms with Crippen molar-refractivity contribution in [2.24, 2.45) is 10.9 Å². The number of pyridine rings is 1. The van der Waals surface area contributed by atoms with Crippen molar-refractivity contribution in [3.8, 4) is 11.9 Å². The first-order valence-electron chi connectivity index (χ1n) is 15.2. The summed E-state index contributed by atoms with van der Waals surface area (Å²) in [6.45, 7) is 11.1. The molecular formula is C31H42N8O5S. The highest BCUT2D eigenvalue weighted by Crippen LogP contribution is 2.46. The van der Waals surface area contributed by atoms with Gasteiger partial charge in [0.05, 0.1) is 11.0 Å². The van der Waals surface area contributed by atoms with Crippen LogP contribution in [0, 0.1) is 11.3 Å². The van der Waals surface area contributed by atoms with Gasteiger partial charge in [0.15, 0.2) is 5.84 Å². The maximum absolute atomic E-state index is 13.5. The lowest BCUT2D eigenvalue weighted by molar-refractivity contribution is -0.150. The lowest BCUT2D eigenvalue weighted by atomic mass is 9.72. The second-order valence-electron chi connectivity index (χ2n) is 13.1. The number of oxime groups is 1. The second-order valence-corrected chi connectivity index (χ2v) is 14.2. The van der Waals surface area contributed by atoms with Crippen molar-refractivity contribution in [1.82, 2.24) is 14.8 Å². The molecule has 4 heterocycles. The lowest BCUT2D eigenvalue weighted by Gasteiger charge is -2.37. The van der Waals surface area contributed by atoms with Gasteiger partial charge < -0.3 is 40.5 Å². The standard InChI is InChI=1S/C31H42N8O5S/c1-30(2,3)43-29(41)39-13-11-38(12-14-39)19-15-22(35-24(16-19)42-20-8-10-37(5)18-20)26(33)36-44-28(40)31(4)9-6-7-23-25(31)21(17-32)27(34)45-23/h15-16,20H,6-14,18,34H2,1-5H3,(H2,33,36)/t20-,31+/m1/s1. The van der Waals surface area contributed by atoms with Gasteiger partial charge in [0.2, 0.25) is 5.88 Å². The molecule has 2 fully saturated rings. The number of ether oxygens (including phenoxy) is 2. The molecule has 4 N–H and O–H groups in total. The van der Waals surface area contributed by atoms with E-state index < -0.39 is 17.0 Å². The molecule has 14 heteroatoms. The molecule has 2 aromatic heterocycles. The number of aryl methyl sites for hydroxylation is 1. The number of thiophene rings is 1. The maximum Gasteiger partial charge on any atom is 0.410 e. The Morgan fingerprint density at radius 2 is 1.93 bits per heavy atom. The Bertz CT molecular complexity index is 1520. The maximum atomic E-state index is 13.5. The minimum absolute atomic E-state index is 0.0292. The highest BCUT2D eigenvalue weighted by molar-refractivity contribution is 7.16. The van der Waals surface area contributed by atoms with E-state index in [1.165, 1.54) is 11.3 Å². The smallest absolute Gasteiger partial charge is 0.410 e. The van der Waals surface area contributed by atoms with Gasteiger partial charge in [0, 0.05) is 61.5 Å². The predicted octanol–water partition coefficient (Wildman–Crippen LogP) is 3.19. The van der Waals surface area contributed by atoms with Crippen LogP contribution < -0.4 is 21.1 Å². The van der Waals surface area contributed by atoms with Crippen LogP contribution in [0.5, 0.6) is 5.88 Å². The van der Waals surface area contributed by atoms with Gasteiger partial charge in [-0.1, -0.05) is 5.16 Å². The zero-order chi connectivity index (χ0) is 32.5. The monoisotopic (exact) mass is 638 g/mol. The number of fused-ring (bicyclic) bond motifs is 1. The number of aromatic nitrogens is 1. The van der Waals surface area contributed by atoms with Crippen molar-refractivity contribution in [3.05, 3.63) is 33.8 Å². The summed E-state index contributed by atoms with van der Waals surface area (Å²) in [7, 11) is 2.04. The summed E-state index contributed by atoms with van der Waals surface area (Å²) in [5, 5.41) is 14.1. The summed E-state index contributed by atoms with van der Waals surface area (Å²) in [6.07, 6.45) is 2.50. The molecule has 3 aliphatic rings. The number of amides is 1. The molecule has 0 unspecified atom stereocenters. The highest BCUT2D eigenvalue weighted by atomic mass is 32.1. The van der Waals surface area contributed by atoms with Crippen molar-refractivity contribution < 1.29 is 23.9 Å². The molecule has 0 spiro atoms. The molecule has 1 amide bonds. The van der Waals surface area contributed by atoms with Crippen molar-refractivity contribution >= 4 is 39.9 Å². The number of nitrogens with zero attached hydrogens (tertiary/aromatic N) is 6. The first-order chi connectivity index (χ1) is 21.3. The van der Waals surface area contributed by atoms with Crippen LogP contribution in [0.4, 0.5) is 15.5 Å². The first kappa shape index (κ1) is 32.3. The minimum Gasteiger partial charge on any atom is -0.473 e. The van der Waals surface area contributed by atoms with Gasteiger partial charge in [-0.2, -0.15) is 5.26 Å². The fraction of sp³-hybridized carbons (Fsp3) is 0.581. The summed E-state index contributed by atoms with van der Waals surface area (Å²) in [6, 6.07) is 5.79. The Balaban J connectivity index is 1.36. The number of anilines is 2. The van der Waals surface area contributed by atoms with E-state index >= 15 is 0 Å². The summed E-state index contributed by atoms with van der Waals surface area (Å²) in [4.78, 5) is 43.1. The van der Waals surface area contributed by atoms with Crippen LogP contribution in [0.3, 0.4) is 0 Å². The molecule has 45 heavy (non-hydrogen) atoms. The third-order valence-electron chi connectivity index (χ3n) is 8.41. The molecule has 1 aliphatic carbocycles. The number of piperazine rings is 1. The zero-order valence-electron chi connectivity index (χ0n) is 26.6. The van der Waals surface area contributed by atoms with Crippen LogP contribution in [0.15, 0.2) is 17.3 Å². The Morgan fingerprint density at radius 1 is 1.20 bits per heavy atom. The molecule has 5 rings (SSSR count). The van der Waals surface area contributed by atoms with Crippen LogP contribution in [0.2, 0.25) is 0 Å². The fourth-order valence-corrected chi connectivity index (χ4v) is 7.23. The summed E-state index contributed by atoms with van der Waals surface area (Å²) in [5.41, 5.74) is 12.9. The van der Waals surface area contributed by atoms with E-state index in [0.29, 0.717) is 60.3 Å². The molecular weight excluding hydrogens is 596 g/mol. The number of nitrogen functional groups attached to an aromatic ring is 1. The van der Waals surface area contributed by atoms with Crippen LogP contribution in [0.25, 0.3) is 0 Å². The number of hydrogen-bond donors (Lipinski definition) is 2. The molecule has 0 radical (unpaired) electrons. The number of amidine groups is 1. The fourth-order valence-electron chi connectivity index (χ4n) is 6.04. The van der Waals surface area contributed by atoms with Gasteiger partial charge in [0.1, 0.15) is 28.5 Å². The first-order valence-corrected chi connectivity index (χ1v) is 16.1. The van der Waals surface area contributed by atoms with Crippen LogP contribution >= 0.6 is 11.3 Å². The molecule has 2 saturated heterocycles.